The van der Waals surface area contributed by atoms with Crippen molar-refractivity contribution in [1.29, 1.82) is 0 Å². The van der Waals surface area contributed by atoms with Crippen LogP contribution in [-0.2, 0) is 19.2 Å². The summed E-state index contributed by atoms with van der Waals surface area (Å²) in [6.07, 6.45) is 5.41. The van der Waals surface area contributed by atoms with Crippen LogP contribution in [0.2, 0.25) is 0 Å². The number of hydrogen-bond acceptors (Lipinski definition) is 9. The Bertz CT molecular complexity index is 1550. The van der Waals surface area contributed by atoms with Crippen LogP contribution in [-0.4, -0.2) is 91.7 Å². The van der Waals surface area contributed by atoms with Crippen molar-refractivity contribution >= 4 is 52.6 Å². The Balaban J connectivity index is 1.27. The van der Waals surface area contributed by atoms with Gasteiger partial charge in [0.2, 0.25) is 23.6 Å². The summed E-state index contributed by atoms with van der Waals surface area (Å²) in [5.41, 5.74) is 18.7. The number of likely N-dealkylation sites (tertiary alicyclic amines) is 1. The van der Waals surface area contributed by atoms with E-state index in [1.807, 2.05) is 24.3 Å². The highest BCUT2D eigenvalue weighted by Gasteiger charge is 2.31. The maximum Gasteiger partial charge on any atom is 0.257 e. The number of carbonyl (C=O) groups is 5. The molecule has 0 bridgehead atoms. The van der Waals surface area contributed by atoms with E-state index in [2.05, 4.69) is 31.2 Å². The SMILES string of the molecule is CC(=O)N[C@H](CCCN)C(=O)NC(=O)[C@H](CCCN=C(N)N)NCCCC1CCN(CC(=O)N2c3ccccc3NC(=O)c3ccccc32)CC1. The van der Waals surface area contributed by atoms with Gasteiger partial charge >= 0.3 is 0 Å². The molecule has 1 saturated heterocycles. The van der Waals surface area contributed by atoms with Crippen LogP contribution in [0.25, 0.3) is 0 Å². The van der Waals surface area contributed by atoms with Crippen molar-refractivity contribution in [3.8, 4) is 0 Å². The third kappa shape index (κ3) is 11.6. The molecule has 276 valence electrons. The molecular formula is C36H52N10O5. The van der Waals surface area contributed by atoms with Crippen LogP contribution in [0.4, 0.5) is 17.1 Å². The van der Waals surface area contributed by atoms with Gasteiger partial charge in [-0.25, -0.2) is 0 Å². The Morgan fingerprint density at radius 2 is 1.59 bits per heavy atom. The molecule has 2 heterocycles. The summed E-state index contributed by atoms with van der Waals surface area (Å²) in [6.45, 7) is 4.36. The van der Waals surface area contributed by atoms with E-state index < -0.39 is 23.9 Å². The summed E-state index contributed by atoms with van der Waals surface area (Å²) in [5.74, 6) is -1.31. The van der Waals surface area contributed by atoms with Gasteiger partial charge in [0.05, 0.1) is 35.2 Å². The van der Waals surface area contributed by atoms with Gasteiger partial charge in [-0.3, -0.25) is 44.1 Å². The van der Waals surface area contributed by atoms with E-state index >= 15 is 0 Å². The highest BCUT2D eigenvalue weighted by molar-refractivity contribution is 6.18. The highest BCUT2D eigenvalue weighted by atomic mass is 16.2. The number of piperidine rings is 1. The van der Waals surface area contributed by atoms with E-state index in [0.29, 0.717) is 73.9 Å². The van der Waals surface area contributed by atoms with Gasteiger partial charge in [-0.1, -0.05) is 24.3 Å². The van der Waals surface area contributed by atoms with Gasteiger partial charge < -0.3 is 33.2 Å². The minimum atomic E-state index is -0.851. The summed E-state index contributed by atoms with van der Waals surface area (Å²) in [5, 5.41) is 11.3. The van der Waals surface area contributed by atoms with Crippen molar-refractivity contribution in [2.24, 2.45) is 28.1 Å². The molecule has 15 heteroatoms. The number of benzene rings is 2. The summed E-state index contributed by atoms with van der Waals surface area (Å²) in [6, 6.07) is 13.0. The second kappa shape index (κ2) is 19.5. The number of fused-ring (bicyclic) bond motifs is 2. The largest absolute Gasteiger partial charge is 0.370 e. The number of nitrogens with zero attached hydrogens (tertiary/aromatic N) is 3. The fourth-order valence-corrected chi connectivity index (χ4v) is 6.55. The van der Waals surface area contributed by atoms with Crippen molar-refractivity contribution in [1.82, 2.24) is 20.9 Å². The fraction of sp³-hybridized carbons (Fsp3) is 0.500. The van der Waals surface area contributed by atoms with Gasteiger partial charge in [-0.2, -0.15) is 0 Å². The highest BCUT2D eigenvalue weighted by Crippen LogP contribution is 2.38. The standard InChI is InChI=1S/C36H52N10O5/c1-24(47)42-29(12-6-18-37)35(51)44-34(50)28(13-8-20-41-36(38)39)40-19-7-9-25-16-21-45(22-17-25)23-32(48)46-30-14-4-2-10-26(30)33(49)43-27-11-3-5-15-31(27)46/h2-5,10-11,14-15,25,28-29,40H,6-9,12-13,16-23,37H2,1H3,(H,42,47)(H,43,49)(H4,38,39,41)(H,44,50,51)/t28-,29+/m0/s1. The lowest BCUT2D eigenvalue weighted by molar-refractivity contribution is -0.135. The number of anilines is 3. The minimum Gasteiger partial charge on any atom is -0.370 e. The van der Waals surface area contributed by atoms with Gasteiger partial charge in [-0.05, 0) is 108 Å². The molecule has 1 fully saturated rings. The van der Waals surface area contributed by atoms with Crippen molar-refractivity contribution in [3.63, 3.8) is 0 Å². The molecule has 0 radical (unpaired) electrons. The number of para-hydroxylation sites is 3. The van der Waals surface area contributed by atoms with Crippen LogP contribution >= 0.6 is 0 Å². The average molecular weight is 705 g/mol. The van der Waals surface area contributed by atoms with Crippen molar-refractivity contribution in [2.45, 2.75) is 70.4 Å². The van der Waals surface area contributed by atoms with E-state index in [0.717, 1.165) is 38.8 Å². The van der Waals surface area contributed by atoms with Crippen molar-refractivity contribution < 1.29 is 24.0 Å². The number of aliphatic imine (C=N–C) groups is 1. The first kappa shape index (κ1) is 38.9. The van der Waals surface area contributed by atoms with Gasteiger partial charge in [0.25, 0.3) is 5.91 Å². The van der Waals surface area contributed by atoms with Gasteiger partial charge in [0.1, 0.15) is 6.04 Å². The van der Waals surface area contributed by atoms with Crippen LogP contribution < -0.4 is 43.4 Å². The first-order chi connectivity index (χ1) is 24.6. The number of guanidine groups is 1. The predicted molar refractivity (Wildman–Crippen MR) is 197 cm³/mol. The smallest absolute Gasteiger partial charge is 0.257 e. The van der Waals surface area contributed by atoms with Crippen molar-refractivity contribution in [2.75, 3.05) is 49.5 Å². The lowest BCUT2D eigenvalue weighted by Crippen LogP contribution is -2.53. The van der Waals surface area contributed by atoms with Crippen LogP contribution in [0, 0.1) is 5.92 Å². The molecule has 0 aromatic heterocycles. The minimum absolute atomic E-state index is 0.0287. The molecular weight excluding hydrogens is 652 g/mol. The fourth-order valence-electron chi connectivity index (χ4n) is 6.55. The van der Waals surface area contributed by atoms with Gasteiger partial charge in [-0.15, -0.1) is 0 Å². The number of imide groups is 1. The Kier molecular flexibility index (Phi) is 14.9. The molecule has 2 atom stereocenters. The quantitative estimate of drug-likeness (QED) is 0.0709. The Morgan fingerprint density at radius 1 is 0.922 bits per heavy atom. The average Bonchev–Trinajstić information content (AvgIpc) is 3.23. The molecule has 4 rings (SSSR count). The molecule has 2 aliphatic rings. The molecule has 0 saturated carbocycles. The number of carbonyl (C=O) groups excluding carboxylic acids is 5. The second-order valence-electron chi connectivity index (χ2n) is 13.1. The van der Waals surface area contributed by atoms with E-state index in [4.69, 9.17) is 17.2 Å². The Labute approximate surface area is 299 Å². The molecule has 10 N–H and O–H groups in total. The number of nitrogens with one attached hydrogen (secondary N) is 4. The Morgan fingerprint density at radius 3 is 2.29 bits per heavy atom. The number of amides is 5. The predicted octanol–water partition coefficient (Wildman–Crippen LogP) is 1.31. The zero-order chi connectivity index (χ0) is 36.8. The number of nitrogens with two attached hydrogens (primary N) is 3. The van der Waals surface area contributed by atoms with Gasteiger partial charge in [0, 0.05) is 13.5 Å². The molecule has 2 aromatic rings. The van der Waals surface area contributed by atoms with Crippen LogP contribution in [0.1, 0.15) is 68.6 Å². The normalized spacial score (nSPS) is 15.7. The van der Waals surface area contributed by atoms with Crippen LogP contribution in [0.15, 0.2) is 53.5 Å². The number of rotatable bonds is 17. The molecule has 0 unspecified atom stereocenters. The molecule has 0 aliphatic carbocycles. The Hall–Kier alpha value is -4.86. The third-order valence-electron chi connectivity index (χ3n) is 9.18. The molecule has 51 heavy (non-hydrogen) atoms. The van der Waals surface area contributed by atoms with Crippen LogP contribution in [0.5, 0.6) is 0 Å². The summed E-state index contributed by atoms with van der Waals surface area (Å²) >= 11 is 0. The van der Waals surface area contributed by atoms with E-state index in [-0.39, 0.29) is 30.2 Å². The molecule has 2 aliphatic heterocycles. The zero-order valence-corrected chi connectivity index (χ0v) is 29.4. The molecule has 2 aromatic carbocycles. The summed E-state index contributed by atoms with van der Waals surface area (Å²) < 4.78 is 0. The van der Waals surface area contributed by atoms with Crippen molar-refractivity contribution in [3.05, 3.63) is 54.1 Å². The first-order valence-electron chi connectivity index (χ1n) is 17.7. The number of hydrogen-bond donors (Lipinski definition) is 7. The summed E-state index contributed by atoms with van der Waals surface area (Å²) in [4.78, 5) is 72.2. The maximum absolute atomic E-state index is 13.8. The third-order valence-corrected chi connectivity index (χ3v) is 9.18. The second-order valence-corrected chi connectivity index (χ2v) is 13.1. The summed E-state index contributed by atoms with van der Waals surface area (Å²) in [7, 11) is 0. The van der Waals surface area contributed by atoms with Gasteiger partial charge in [0.15, 0.2) is 5.96 Å². The molecule has 5 amide bonds. The topological polar surface area (TPSA) is 230 Å². The lowest BCUT2D eigenvalue weighted by Gasteiger charge is -2.33. The first-order valence-corrected chi connectivity index (χ1v) is 17.7. The lowest BCUT2D eigenvalue weighted by atomic mass is 9.92. The maximum atomic E-state index is 13.8. The monoisotopic (exact) mass is 704 g/mol. The molecule has 15 nitrogen and oxygen atoms in total. The van der Waals surface area contributed by atoms with E-state index in [1.165, 1.54) is 6.92 Å². The van der Waals surface area contributed by atoms with Crippen LogP contribution in [0.3, 0.4) is 0 Å². The zero-order valence-electron chi connectivity index (χ0n) is 29.4. The van der Waals surface area contributed by atoms with E-state index in [9.17, 15) is 24.0 Å². The molecule has 0 spiro atoms. The van der Waals surface area contributed by atoms with E-state index in [1.54, 1.807) is 29.2 Å².